The van der Waals surface area contributed by atoms with Crippen LogP contribution in [0.4, 0.5) is 16.2 Å². The molecule has 0 aliphatic carbocycles. The number of ether oxygens (including phenoxy) is 1. The first-order valence-electron chi connectivity index (χ1n) is 12.1. The number of para-hydroxylation sites is 1. The van der Waals surface area contributed by atoms with Crippen LogP contribution in [-0.4, -0.2) is 56.1 Å². The predicted molar refractivity (Wildman–Crippen MR) is 140 cm³/mol. The standard InChI is InChI=1S/C28H32N4O3/c1-3-30(4-2)19-18-29-27(33)22-10-12-23(13-11-22)31-20-21-32(28(31)34)24-14-16-26(17-15-24)35-25-8-6-5-7-9-25/h5-17H,3-4,18-21H2,1-2H3,(H,29,33). The fourth-order valence-corrected chi connectivity index (χ4v) is 4.10. The molecule has 182 valence electrons. The Bertz CT molecular complexity index is 1110. The van der Waals surface area contributed by atoms with Gasteiger partial charge in [-0.05, 0) is 73.8 Å². The Morgan fingerprint density at radius 3 is 1.94 bits per heavy atom. The summed E-state index contributed by atoms with van der Waals surface area (Å²) in [5, 5.41) is 2.96. The molecule has 0 saturated carbocycles. The minimum Gasteiger partial charge on any atom is -0.457 e. The van der Waals surface area contributed by atoms with Gasteiger partial charge in [0.1, 0.15) is 11.5 Å². The Labute approximate surface area is 206 Å². The minimum atomic E-state index is -0.101. The van der Waals surface area contributed by atoms with Gasteiger partial charge in [-0.3, -0.25) is 14.6 Å². The third-order valence-corrected chi connectivity index (χ3v) is 6.19. The van der Waals surface area contributed by atoms with Gasteiger partial charge in [0, 0.05) is 43.1 Å². The number of benzene rings is 3. The number of urea groups is 1. The van der Waals surface area contributed by atoms with Crippen molar-refractivity contribution in [3.8, 4) is 11.5 Å². The van der Waals surface area contributed by atoms with Crippen LogP contribution in [0.2, 0.25) is 0 Å². The van der Waals surface area contributed by atoms with Gasteiger partial charge in [0.15, 0.2) is 0 Å². The molecule has 35 heavy (non-hydrogen) atoms. The van der Waals surface area contributed by atoms with Crippen molar-refractivity contribution < 1.29 is 14.3 Å². The third-order valence-electron chi connectivity index (χ3n) is 6.19. The predicted octanol–water partition coefficient (Wildman–Crippen LogP) is 5.00. The van der Waals surface area contributed by atoms with E-state index in [9.17, 15) is 9.59 Å². The summed E-state index contributed by atoms with van der Waals surface area (Å²) >= 11 is 0. The Morgan fingerprint density at radius 1 is 0.829 bits per heavy atom. The number of rotatable bonds is 10. The first kappa shape index (κ1) is 24.3. The van der Waals surface area contributed by atoms with Crippen LogP contribution in [0, 0.1) is 0 Å². The summed E-state index contributed by atoms with van der Waals surface area (Å²) < 4.78 is 5.84. The summed E-state index contributed by atoms with van der Waals surface area (Å²) in [6.45, 7) is 8.76. The van der Waals surface area contributed by atoms with Gasteiger partial charge >= 0.3 is 6.03 Å². The summed E-state index contributed by atoms with van der Waals surface area (Å²) in [5.41, 5.74) is 2.19. The highest BCUT2D eigenvalue weighted by Gasteiger charge is 2.30. The van der Waals surface area contributed by atoms with Gasteiger partial charge in [-0.1, -0.05) is 32.0 Å². The zero-order valence-corrected chi connectivity index (χ0v) is 20.3. The van der Waals surface area contributed by atoms with Crippen LogP contribution >= 0.6 is 0 Å². The number of anilines is 2. The van der Waals surface area contributed by atoms with E-state index in [4.69, 9.17) is 4.74 Å². The highest BCUT2D eigenvalue weighted by atomic mass is 16.5. The van der Waals surface area contributed by atoms with Crippen molar-refractivity contribution in [2.45, 2.75) is 13.8 Å². The zero-order valence-electron chi connectivity index (χ0n) is 20.3. The largest absolute Gasteiger partial charge is 0.457 e. The lowest BCUT2D eigenvalue weighted by Crippen LogP contribution is -2.34. The van der Waals surface area contributed by atoms with E-state index in [0.29, 0.717) is 25.2 Å². The molecule has 1 aliphatic heterocycles. The average molecular weight is 473 g/mol. The Balaban J connectivity index is 1.34. The molecule has 3 amide bonds. The van der Waals surface area contributed by atoms with E-state index in [1.807, 2.05) is 66.7 Å². The van der Waals surface area contributed by atoms with Crippen LogP contribution in [0.3, 0.4) is 0 Å². The summed E-state index contributed by atoms with van der Waals surface area (Å²) in [7, 11) is 0. The van der Waals surface area contributed by atoms with E-state index >= 15 is 0 Å². The maximum absolute atomic E-state index is 13.1. The van der Waals surface area contributed by atoms with Crippen molar-refractivity contribution in [1.82, 2.24) is 10.2 Å². The van der Waals surface area contributed by atoms with Crippen LogP contribution < -0.4 is 19.9 Å². The summed E-state index contributed by atoms with van der Waals surface area (Å²) in [6.07, 6.45) is 0. The van der Waals surface area contributed by atoms with Gasteiger partial charge in [-0.15, -0.1) is 0 Å². The van der Waals surface area contributed by atoms with E-state index in [2.05, 4.69) is 24.1 Å². The van der Waals surface area contributed by atoms with E-state index in [1.165, 1.54) is 0 Å². The van der Waals surface area contributed by atoms with Crippen molar-refractivity contribution in [2.24, 2.45) is 0 Å². The van der Waals surface area contributed by atoms with Gasteiger partial charge in [-0.2, -0.15) is 0 Å². The highest BCUT2D eigenvalue weighted by molar-refractivity contribution is 6.06. The molecule has 1 saturated heterocycles. The third kappa shape index (κ3) is 6.00. The molecule has 1 N–H and O–H groups in total. The molecule has 3 aromatic carbocycles. The number of likely N-dealkylation sites (N-methyl/N-ethyl adjacent to an activating group) is 1. The van der Waals surface area contributed by atoms with Gasteiger partial charge in [0.05, 0.1) is 0 Å². The van der Waals surface area contributed by atoms with Crippen LogP contribution in [-0.2, 0) is 0 Å². The number of nitrogens with zero attached hydrogens (tertiary/aromatic N) is 3. The van der Waals surface area contributed by atoms with Crippen molar-refractivity contribution >= 4 is 23.3 Å². The lowest BCUT2D eigenvalue weighted by atomic mass is 10.2. The maximum atomic E-state index is 13.1. The molecular weight excluding hydrogens is 440 g/mol. The van der Waals surface area contributed by atoms with Crippen molar-refractivity contribution in [1.29, 1.82) is 0 Å². The molecule has 3 aromatic rings. The van der Waals surface area contributed by atoms with E-state index in [-0.39, 0.29) is 11.9 Å². The second-order valence-electron chi connectivity index (χ2n) is 8.32. The smallest absolute Gasteiger partial charge is 0.329 e. The molecular formula is C28H32N4O3. The van der Waals surface area contributed by atoms with Crippen LogP contribution in [0.15, 0.2) is 78.9 Å². The molecule has 0 bridgehead atoms. The molecule has 7 heteroatoms. The van der Waals surface area contributed by atoms with Crippen LogP contribution in [0.5, 0.6) is 11.5 Å². The lowest BCUT2D eigenvalue weighted by Gasteiger charge is -2.19. The first-order valence-corrected chi connectivity index (χ1v) is 12.1. The van der Waals surface area contributed by atoms with Gasteiger partial charge in [0.25, 0.3) is 5.91 Å². The van der Waals surface area contributed by atoms with Crippen molar-refractivity contribution in [3.63, 3.8) is 0 Å². The molecule has 1 fully saturated rings. The van der Waals surface area contributed by atoms with Gasteiger partial charge < -0.3 is 15.0 Å². The SMILES string of the molecule is CCN(CC)CCNC(=O)c1ccc(N2CCN(c3ccc(Oc4ccccc4)cc3)C2=O)cc1. The topological polar surface area (TPSA) is 65.1 Å². The minimum absolute atomic E-state index is 0.0850. The number of hydrogen-bond donors (Lipinski definition) is 1. The first-order chi connectivity index (χ1) is 17.1. The summed E-state index contributed by atoms with van der Waals surface area (Å²) in [4.78, 5) is 31.3. The summed E-state index contributed by atoms with van der Waals surface area (Å²) in [5.74, 6) is 1.38. The monoisotopic (exact) mass is 472 g/mol. The fraction of sp³-hybridized carbons (Fsp3) is 0.286. The molecule has 0 atom stereocenters. The second-order valence-corrected chi connectivity index (χ2v) is 8.32. The molecule has 0 unspecified atom stereocenters. The molecule has 1 aliphatic rings. The van der Waals surface area contributed by atoms with Gasteiger partial charge in [0.2, 0.25) is 0 Å². The lowest BCUT2D eigenvalue weighted by molar-refractivity contribution is 0.0949. The van der Waals surface area contributed by atoms with E-state index < -0.39 is 0 Å². The molecule has 4 rings (SSSR count). The number of nitrogens with one attached hydrogen (secondary N) is 1. The number of carbonyl (C=O) groups is 2. The highest BCUT2D eigenvalue weighted by Crippen LogP contribution is 2.28. The molecule has 0 spiro atoms. The second kappa shape index (κ2) is 11.5. The Morgan fingerprint density at radius 2 is 1.37 bits per heavy atom. The zero-order chi connectivity index (χ0) is 24.6. The Kier molecular flexibility index (Phi) is 8.00. The molecule has 0 aromatic heterocycles. The molecule has 1 heterocycles. The van der Waals surface area contributed by atoms with Crippen molar-refractivity contribution in [2.75, 3.05) is 49.1 Å². The fourth-order valence-electron chi connectivity index (χ4n) is 4.10. The average Bonchev–Trinajstić information content (AvgIpc) is 3.29. The number of hydrogen-bond acceptors (Lipinski definition) is 4. The normalized spacial score (nSPS) is 13.4. The number of amides is 3. The maximum Gasteiger partial charge on any atom is 0.329 e. The Hall–Kier alpha value is -3.84. The van der Waals surface area contributed by atoms with Crippen molar-refractivity contribution in [3.05, 3.63) is 84.4 Å². The quantitative estimate of drug-likeness (QED) is 0.451. The molecule has 7 nitrogen and oxygen atoms in total. The molecule has 0 radical (unpaired) electrons. The number of carbonyl (C=O) groups excluding carboxylic acids is 2. The van der Waals surface area contributed by atoms with Crippen LogP contribution in [0.1, 0.15) is 24.2 Å². The summed E-state index contributed by atoms with van der Waals surface area (Å²) in [6, 6.07) is 24.2. The van der Waals surface area contributed by atoms with Gasteiger partial charge in [-0.25, -0.2) is 4.79 Å². The van der Waals surface area contributed by atoms with E-state index in [0.717, 1.165) is 42.5 Å². The van der Waals surface area contributed by atoms with E-state index in [1.54, 1.807) is 21.9 Å². The van der Waals surface area contributed by atoms with Crippen LogP contribution in [0.25, 0.3) is 0 Å².